The summed E-state index contributed by atoms with van der Waals surface area (Å²) < 4.78 is 0.501. The van der Waals surface area contributed by atoms with Crippen molar-refractivity contribution in [1.29, 1.82) is 0 Å². The number of benzene rings is 1. The van der Waals surface area contributed by atoms with E-state index < -0.39 is 17.9 Å². The Morgan fingerprint density at radius 1 is 1.38 bits per heavy atom. The molecule has 2 rings (SSSR count). The Hall–Kier alpha value is -2.19. The van der Waals surface area contributed by atoms with Crippen LogP contribution in [0, 0.1) is 0 Å². The Kier molecular flexibility index (Phi) is 5.74. The summed E-state index contributed by atoms with van der Waals surface area (Å²) in [6, 6.07) is 5.64. The molecule has 1 fully saturated rings. The lowest BCUT2D eigenvalue weighted by molar-refractivity contribution is -0.139. The van der Waals surface area contributed by atoms with Gasteiger partial charge in [0.05, 0.1) is 4.91 Å². The predicted molar refractivity (Wildman–Crippen MR) is 96.6 cm³/mol. The maximum absolute atomic E-state index is 12.0. The van der Waals surface area contributed by atoms with Crippen molar-refractivity contribution in [2.75, 3.05) is 7.05 Å². The van der Waals surface area contributed by atoms with Crippen LogP contribution in [0.15, 0.2) is 29.2 Å². The molecule has 0 spiro atoms. The normalized spacial score (nSPS) is 17.2. The van der Waals surface area contributed by atoms with Gasteiger partial charge in [-0.2, -0.15) is 0 Å². The van der Waals surface area contributed by atoms with Gasteiger partial charge in [0.2, 0.25) is 0 Å². The lowest BCUT2D eigenvalue weighted by Crippen LogP contribution is -2.40. The van der Waals surface area contributed by atoms with Gasteiger partial charge in [-0.3, -0.25) is 14.5 Å². The van der Waals surface area contributed by atoms with Crippen LogP contribution in [0.1, 0.15) is 29.3 Å². The Morgan fingerprint density at radius 2 is 2.00 bits per heavy atom. The summed E-state index contributed by atoms with van der Waals surface area (Å²) in [5, 5.41) is 11.4. The van der Waals surface area contributed by atoms with Crippen LogP contribution >= 0.6 is 24.0 Å². The van der Waals surface area contributed by atoms with Crippen LogP contribution in [0.2, 0.25) is 0 Å². The number of nitrogens with one attached hydrogen (secondary N) is 1. The van der Waals surface area contributed by atoms with Crippen molar-refractivity contribution in [3.63, 3.8) is 0 Å². The molecule has 1 aromatic rings. The fraction of sp³-hybridized carbons (Fsp3) is 0.250. The van der Waals surface area contributed by atoms with Gasteiger partial charge in [0.1, 0.15) is 10.4 Å². The molecule has 1 saturated heterocycles. The number of nitrogens with zero attached hydrogens (tertiary/aromatic N) is 1. The lowest BCUT2D eigenvalue weighted by Gasteiger charge is -2.12. The van der Waals surface area contributed by atoms with E-state index in [0.29, 0.717) is 21.2 Å². The molecular weight excluding hydrogens is 348 g/mol. The Morgan fingerprint density at radius 3 is 2.46 bits per heavy atom. The van der Waals surface area contributed by atoms with Gasteiger partial charge in [0.15, 0.2) is 0 Å². The molecule has 0 unspecified atom stereocenters. The number of aliphatic carboxylic acids is 1. The number of likely N-dealkylation sites (N-methyl/N-ethyl adjacent to an activating group) is 1. The number of rotatable bonds is 5. The number of carboxylic acid groups (broad SMARTS) is 1. The second-order valence-electron chi connectivity index (χ2n) is 5.14. The van der Waals surface area contributed by atoms with Crippen LogP contribution in [-0.4, -0.2) is 45.2 Å². The van der Waals surface area contributed by atoms with Crippen LogP contribution in [0.5, 0.6) is 0 Å². The number of thiocarbonyl (C=S) groups is 1. The van der Waals surface area contributed by atoms with E-state index in [2.05, 4.69) is 5.32 Å². The molecule has 1 heterocycles. The van der Waals surface area contributed by atoms with Crippen LogP contribution < -0.4 is 5.32 Å². The molecule has 0 aliphatic carbocycles. The Balaban J connectivity index is 2.11. The van der Waals surface area contributed by atoms with Crippen molar-refractivity contribution < 1.29 is 19.5 Å². The molecule has 8 heteroatoms. The zero-order valence-corrected chi connectivity index (χ0v) is 14.7. The van der Waals surface area contributed by atoms with Gasteiger partial charge in [0, 0.05) is 12.6 Å². The summed E-state index contributed by atoms with van der Waals surface area (Å²) in [6.45, 7) is 1.69. The lowest BCUT2D eigenvalue weighted by atomic mass is 10.1. The summed E-state index contributed by atoms with van der Waals surface area (Å²) in [7, 11) is 1.62. The first-order valence-corrected chi connectivity index (χ1v) is 8.41. The van der Waals surface area contributed by atoms with E-state index in [9.17, 15) is 14.4 Å². The van der Waals surface area contributed by atoms with Crippen molar-refractivity contribution in [2.24, 2.45) is 0 Å². The van der Waals surface area contributed by atoms with E-state index in [1.54, 1.807) is 44.3 Å². The van der Waals surface area contributed by atoms with Gasteiger partial charge in [-0.1, -0.05) is 43.0 Å². The average Bonchev–Trinajstić information content (AvgIpc) is 2.79. The molecule has 1 aliphatic rings. The van der Waals surface area contributed by atoms with E-state index in [0.717, 1.165) is 5.56 Å². The average molecular weight is 364 g/mol. The minimum atomic E-state index is -1.07. The Bertz CT molecular complexity index is 728. The van der Waals surface area contributed by atoms with Crippen molar-refractivity contribution in [3.8, 4) is 0 Å². The van der Waals surface area contributed by atoms with Crippen molar-refractivity contribution in [3.05, 3.63) is 40.3 Å². The number of carboxylic acids is 1. The smallest absolute Gasteiger partial charge is 0.326 e. The monoisotopic (exact) mass is 364 g/mol. The fourth-order valence-corrected chi connectivity index (χ4v) is 3.19. The molecule has 126 valence electrons. The highest BCUT2D eigenvalue weighted by Crippen LogP contribution is 2.31. The van der Waals surface area contributed by atoms with Gasteiger partial charge in [-0.25, -0.2) is 4.79 Å². The largest absolute Gasteiger partial charge is 0.480 e. The number of hydrogen-bond acceptors (Lipinski definition) is 5. The molecule has 6 nitrogen and oxygen atoms in total. The third-order valence-electron chi connectivity index (χ3n) is 3.47. The molecule has 24 heavy (non-hydrogen) atoms. The number of hydrogen-bond donors (Lipinski definition) is 2. The van der Waals surface area contributed by atoms with Gasteiger partial charge in [0.25, 0.3) is 11.8 Å². The predicted octanol–water partition coefficient (Wildman–Crippen LogP) is 2.11. The number of thioether (sulfide) groups is 1. The topological polar surface area (TPSA) is 86.7 Å². The van der Waals surface area contributed by atoms with Crippen molar-refractivity contribution >= 4 is 52.2 Å². The van der Waals surface area contributed by atoms with Crippen molar-refractivity contribution in [1.82, 2.24) is 10.2 Å². The molecule has 1 atom stereocenters. The fourth-order valence-electron chi connectivity index (χ4n) is 2.01. The van der Waals surface area contributed by atoms with Crippen LogP contribution in [0.3, 0.4) is 0 Å². The highest BCUT2D eigenvalue weighted by atomic mass is 32.2. The second-order valence-corrected chi connectivity index (χ2v) is 6.81. The van der Waals surface area contributed by atoms with E-state index in [1.165, 1.54) is 16.7 Å². The van der Waals surface area contributed by atoms with Crippen molar-refractivity contribution in [2.45, 2.75) is 19.4 Å². The van der Waals surface area contributed by atoms with Gasteiger partial charge in [-0.15, -0.1) is 0 Å². The first-order chi connectivity index (χ1) is 11.3. The molecule has 0 bridgehead atoms. The van der Waals surface area contributed by atoms with E-state index in [4.69, 9.17) is 17.3 Å². The minimum absolute atomic E-state index is 0.154. The van der Waals surface area contributed by atoms with Crippen LogP contribution in [0.25, 0.3) is 6.08 Å². The van der Waals surface area contributed by atoms with Gasteiger partial charge < -0.3 is 10.4 Å². The third kappa shape index (κ3) is 4.01. The molecule has 1 aliphatic heterocycles. The summed E-state index contributed by atoms with van der Waals surface area (Å²) in [5.41, 5.74) is 1.11. The summed E-state index contributed by atoms with van der Waals surface area (Å²) >= 11 is 6.29. The molecule has 2 N–H and O–H groups in total. The molecule has 0 aromatic heterocycles. The number of amides is 2. The third-order valence-corrected chi connectivity index (χ3v) is 4.95. The van der Waals surface area contributed by atoms with Crippen LogP contribution in [-0.2, 0) is 9.59 Å². The molecule has 1 aromatic carbocycles. The van der Waals surface area contributed by atoms with Crippen LogP contribution in [0.4, 0.5) is 0 Å². The first-order valence-electron chi connectivity index (χ1n) is 7.18. The second kappa shape index (κ2) is 7.59. The minimum Gasteiger partial charge on any atom is -0.480 e. The SMILES string of the molecule is CC[C@H](NC(=O)c1ccc(/C=C2/SC(=S)N(C)C2=O)cc1)C(=O)O. The number of carbonyl (C=O) groups excluding carboxylic acids is 2. The highest BCUT2D eigenvalue weighted by molar-refractivity contribution is 8.26. The molecule has 0 radical (unpaired) electrons. The quantitative estimate of drug-likeness (QED) is 0.615. The summed E-state index contributed by atoms with van der Waals surface area (Å²) in [5.74, 6) is -1.67. The van der Waals surface area contributed by atoms with Gasteiger partial charge >= 0.3 is 5.97 Å². The molecular formula is C16H16N2O4S2. The molecule has 0 saturated carbocycles. The maximum atomic E-state index is 12.0. The zero-order valence-electron chi connectivity index (χ0n) is 13.1. The number of carbonyl (C=O) groups is 3. The molecule has 2 amide bonds. The summed E-state index contributed by atoms with van der Waals surface area (Å²) in [4.78, 5) is 36.9. The zero-order chi connectivity index (χ0) is 17.9. The first kappa shape index (κ1) is 18.2. The Labute approximate surface area is 148 Å². The standard InChI is InChI=1S/C16H16N2O4S2/c1-3-11(15(21)22)17-13(19)10-6-4-9(5-7-10)8-12-14(20)18(2)16(23)24-12/h4-8,11H,3H2,1-2H3,(H,17,19)(H,21,22)/b12-8+/t11-/m0/s1. The van der Waals surface area contributed by atoms with Gasteiger partial charge in [-0.05, 0) is 30.2 Å². The maximum Gasteiger partial charge on any atom is 0.326 e. The highest BCUT2D eigenvalue weighted by Gasteiger charge is 2.28. The summed E-state index contributed by atoms with van der Waals surface area (Å²) in [6.07, 6.45) is 2.01. The van der Waals surface area contributed by atoms with E-state index in [-0.39, 0.29) is 5.91 Å². The van der Waals surface area contributed by atoms with E-state index in [1.807, 2.05) is 0 Å². The van der Waals surface area contributed by atoms with E-state index >= 15 is 0 Å².